The highest BCUT2D eigenvalue weighted by Crippen LogP contribution is 2.32. The minimum Gasteiger partial charge on any atom is -0.480 e. The molecular weight excluding hydrogens is 388 g/mol. The zero-order valence-electron chi connectivity index (χ0n) is 16.6. The number of halogens is 1. The van der Waals surface area contributed by atoms with E-state index in [9.17, 15) is 9.90 Å². The van der Waals surface area contributed by atoms with Gasteiger partial charge in [-0.25, -0.2) is 0 Å². The minimum atomic E-state index is -0.496. The van der Waals surface area contributed by atoms with E-state index < -0.39 is 6.10 Å². The van der Waals surface area contributed by atoms with Gasteiger partial charge in [-0.1, -0.05) is 41.9 Å². The molecule has 5 nitrogen and oxygen atoms in total. The zero-order valence-corrected chi connectivity index (χ0v) is 17.4. The third-order valence-electron chi connectivity index (χ3n) is 5.92. The van der Waals surface area contributed by atoms with Crippen LogP contribution in [0, 0.1) is 0 Å². The SMILES string of the molecule is CN(C(=O)C1CCc2cc(Cl)ccc2O1)[C@H](CN1CC[C@H](O)C1)c1ccccc1. The van der Waals surface area contributed by atoms with Crippen molar-refractivity contribution in [2.75, 3.05) is 26.7 Å². The number of hydrogen-bond donors (Lipinski definition) is 1. The molecule has 2 aliphatic heterocycles. The highest BCUT2D eigenvalue weighted by Gasteiger charge is 2.34. The molecule has 0 saturated carbocycles. The first-order chi connectivity index (χ1) is 14.0. The van der Waals surface area contributed by atoms with Gasteiger partial charge in [0, 0.05) is 31.7 Å². The number of nitrogens with zero attached hydrogens (tertiary/aromatic N) is 2. The maximum absolute atomic E-state index is 13.3. The lowest BCUT2D eigenvalue weighted by atomic mass is 10.00. The van der Waals surface area contributed by atoms with E-state index in [4.69, 9.17) is 16.3 Å². The third kappa shape index (κ3) is 4.58. The van der Waals surface area contributed by atoms with Gasteiger partial charge in [0.05, 0.1) is 12.1 Å². The lowest BCUT2D eigenvalue weighted by Crippen LogP contribution is -2.46. The van der Waals surface area contributed by atoms with E-state index in [2.05, 4.69) is 17.0 Å². The molecule has 6 heteroatoms. The Morgan fingerprint density at radius 1 is 1.28 bits per heavy atom. The molecule has 3 atom stereocenters. The number of fused-ring (bicyclic) bond motifs is 1. The number of benzene rings is 2. The molecule has 1 saturated heterocycles. The number of aliphatic hydroxyl groups excluding tert-OH is 1. The Kier molecular flexibility index (Phi) is 6.09. The van der Waals surface area contributed by atoms with E-state index in [-0.39, 0.29) is 18.1 Å². The largest absolute Gasteiger partial charge is 0.480 e. The van der Waals surface area contributed by atoms with Crippen molar-refractivity contribution in [3.05, 3.63) is 64.7 Å². The van der Waals surface area contributed by atoms with Crippen LogP contribution in [0.2, 0.25) is 5.02 Å². The fourth-order valence-electron chi connectivity index (χ4n) is 4.26. The van der Waals surface area contributed by atoms with Crippen molar-refractivity contribution in [3.63, 3.8) is 0 Å². The Bertz CT molecular complexity index is 860. The first kappa shape index (κ1) is 20.2. The van der Waals surface area contributed by atoms with Gasteiger partial charge >= 0.3 is 0 Å². The van der Waals surface area contributed by atoms with Gasteiger partial charge in [0.15, 0.2) is 6.10 Å². The Hall–Kier alpha value is -2.08. The molecule has 1 N–H and O–H groups in total. The fourth-order valence-corrected chi connectivity index (χ4v) is 4.46. The number of β-amino-alcohol motifs (C(OH)–C–C–N with tert-alkyl or cyclic N) is 1. The number of likely N-dealkylation sites (N-methyl/N-ethyl adjacent to an activating group) is 1. The van der Waals surface area contributed by atoms with Crippen molar-refractivity contribution in [3.8, 4) is 5.75 Å². The number of hydrogen-bond acceptors (Lipinski definition) is 4. The normalized spacial score (nSPS) is 22.6. The second-order valence-electron chi connectivity index (χ2n) is 7.97. The summed E-state index contributed by atoms with van der Waals surface area (Å²) in [6.07, 6.45) is 1.42. The number of aryl methyl sites for hydroxylation is 1. The predicted octanol–water partition coefficient (Wildman–Crippen LogP) is 3.30. The summed E-state index contributed by atoms with van der Waals surface area (Å²) >= 11 is 6.07. The monoisotopic (exact) mass is 414 g/mol. The van der Waals surface area contributed by atoms with Gasteiger partial charge in [0.1, 0.15) is 5.75 Å². The summed E-state index contributed by atoms with van der Waals surface area (Å²) in [5.41, 5.74) is 2.14. The molecule has 0 bridgehead atoms. The summed E-state index contributed by atoms with van der Waals surface area (Å²) in [7, 11) is 1.85. The van der Waals surface area contributed by atoms with Crippen molar-refractivity contribution < 1.29 is 14.6 Å². The van der Waals surface area contributed by atoms with Crippen molar-refractivity contribution in [1.82, 2.24) is 9.80 Å². The topological polar surface area (TPSA) is 53.0 Å². The maximum atomic E-state index is 13.3. The number of rotatable bonds is 5. The van der Waals surface area contributed by atoms with Gasteiger partial charge < -0.3 is 14.7 Å². The number of carbonyl (C=O) groups is 1. The van der Waals surface area contributed by atoms with Crippen molar-refractivity contribution >= 4 is 17.5 Å². The van der Waals surface area contributed by atoms with E-state index in [1.165, 1.54) is 0 Å². The second kappa shape index (κ2) is 8.74. The maximum Gasteiger partial charge on any atom is 0.263 e. The number of likely N-dealkylation sites (tertiary alicyclic amines) is 1. The first-order valence-electron chi connectivity index (χ1n) is 10.2. The summed E-state index contributed by atoms with van der Waals surface area (Å²) in [6, 6.07) is 15.5. The van der Waals surface area contributed by atoms with E-state index in [1.807, 2.05) is 42.3 Å². The van der Waals surface area contributed by atoms with Crippen LogP contribution in [-0.4, -0.2) is 59.7 Å². The number of amides is 1. The summed E-state index contributed by atoms with van der Waals surface area (Å²) < 4.78 is 6.04. The van der Waals surface area contributed by atoms with Crippen LogP contribution in [0.25, 0.3) is 0 Å². The van der Waals surface area contributed by atoms with Crippen LogP contribution in [-0.2, 0) is 11.2 Å². The van der Waals surface area contributed by atoms with Crippen LogP contribution in [0.4, 0.5) is 0 Å². The summed E-state index contributed by atoms with van der Waals surface area (Å²) in [6.45, 7) is 2.20. The Labute approximate surface area is 176 Å². The lowest BCUT2D eigenvalue weighted by Gasteiger charge is -2.35. The average Bonchev–Trinajstić information content (AvgIpc) is 3.16. The van der Waals surface area contributed by atoms with Gasteiger partial charge in [-0.3, -0.25) is 9.69 Å². The van der Waals surface area contributed by atoms with E-state index in [0.29, 0.717) is 24.5 Å². The molecule has 1 unspecified atom stereocenters. The molecule has 1 amide bonds. The smallest absolute Gasteiger partial charge is 0.263 e. The molecule has 4 rings (SSSR count). The van der Waals surface area contributed by atoms with E-state index in [0.717, 1.165) is 36.3 Å². The molecule has 2 heterocycles. The Morgan fingerprint density at radius 3 is 2.79 bits per heavy atom. The summed E-state index contributed by atoms with van der Waals surface area (Å²) in [4.78, 5) is 17.4. The van der Waals surface area contributed by atoms with Crippen molar-refractivity contribution in [2.45, 2.75) is 37.5 Å². The van der Waals surface area contributed by atoms with Gasteiger partial charge in [0.2, 0.25) is 0 Å². The second-order valence-corrected chi connectivity index (χ2v) is 8.41. The number of carbonyl (C=O) groups excluding carboxylic acids is 1. The van der Waals surface area contributed by atoms with Crippen LogP contribution in [0.1, 0.15) is 30.0 Å². The number of aliphatic hydroxyl groups is 1. The molecule has 2 aromatic rings. The van der Waals surface area contributed by atoms with Crippen molar-refractivity contribution in [1.29, 1.82) is 0 Å². The van der Waals surface area contributed by atoms with Crippen molar-refractivity contribution in [2.24, 2.45) is 0 Å². The van der Waals surface area contributed by atoms with E-state index in [1.54, 1.807) is 6.07 Å². The quantitative estimate of drug-likeness (QED) is 0.815. The average molecular weight is 415 g/mol. The fraction of sp³-hybridized carbons (Fsp3) is 0.435. The minimum absolute atomic E-state index is 0.0146. The third-order valence-corrected chi connectivity index (χ3v) is 6.16. The van der Waals surface area contributed by atoms with Crippen LogP contribution in [0.15, 0.2) is 48.5 Å². The van der Waals surface area contributed by atoms with Crippen LogP contribution in [0.3, 0.4) is 0 Å². The van der Waals surface area contributed by atoms with Gasteiger partial charge in [-0.2, -0.15) is 0 Å². The first-order valence-corrected chi connectivity index (χ1v) is 10.6. The molecule has 0 spiro atoms. The zero-order chi connectivity index (χ0) is 20.4. The van der Waals surface area contributed by atoms with Crippen LogP contribution < -0.4 is 4.74 Å². The lowest BCUT2D eigenvalue weighted by molar-refractivity contribution is -0.140. The standard InChI is InChI=1S/C23H27ClN2O3/c1-25(23(28)22-9-7-17-13-18(24)8-10-21(17)29-22)20(16-5-3-2-4-6-16)15-26-12-11-19(27)14-26/h2-6,8,10,13,19-20,22,27H,7,9,11-12,14-15H2,1H3/t19-,20+,22?/m0/s1. The van der Waals surface area contributed by atoms with Crippen LogP contribution in [0.5, 0.6) is 5.75 Å². The summed E-state index contributed by atoms with van der Waals surface area (Å²) in [5.74, 6) is 0.727. The molecule has 0 radical (unpaired) electrons. The Morgan fingerprint density at radius 2 is 2.07 bits per heavy atom. The summed E-state index contributed by atoms with van der Waals surface area (Å²) in [5, 5.41) is 10.6. The Balaban J connectivity index is 1.51. The molecule has 1 fully saturated rings. The molecule has 2 aliphatic rings. The van der Waals surface area contributed by atoms with Gasteiger partial charge in [-0.05, 0) is 48.6 Å². The highest BCUT2D eigenvalue weighted by atomic mass is 35.5. The highest BCUT2D eigenvalue weighted by molar-refractivity contribution is 6.30. The van der Waals surface area contributed by atoms with Gasteiger partial charge in [-0.15, -0.1) is 0 Å². The molecule has 0 aliphatic carbocycles. The molecule has 154 valence electrons. The van der Waals surface area contributed by atoms with Gasteiger partial charge in [0.25, 0.3) is 5.91 Å². The van der Waals surface area contributed by atoms with E-state index >= 15 is 0 Å². The molecule has 2 aromatic carbocycles. The molecule has 29 heavy (non-hydrogen) atoms. The van der Waals surface area contributed by atoms with Crippen LogP contribution >= 0.6 is 11.6 Å². The number of ether oxygens (including phenoxy) is 1. The molecule has 0 aromatic heterocycles. The molecular formula is C23H27ClN2O3. The predicted molar refractivity (Wildman–Crippen MR) is 113 cm³/mol.